The van der Waals surface area contributed by atoms with Crippen LogP contribution in [0.2, 0.25) is 0 Å². The van der Waals surface area contributed by atoms with Crippen LogP contribution < -0.4 is 9.64 Å². The monoisotopic (exact) mass is 279 g/mol. The van der Waals surface area contributed by atoms with Crippen LogP contribution in [-0.4, -0.2) is 30.1 Å². The maximum atomic E-state index is 11.8. The number of amides is 1. The molecule has 0 fully saturated rings. The molecule has 1 aromatic rings. The Bertz CT molecular complexity index is 473. The predicted molar refractivity (Wildman–Crippen MR) is 77.1 cm³/mol. The van der Waals surface area contributed by atoms with Crippen molar-refractivity contribution >= 4 is 17.6 Å². The van der Waals surface area contributed by atoms with Crippen molar-refractivity contribution in [3.05, 3.63) is 24.3 Å². The second-order valence-corrected chi connectivity index (χ2v) is 4.69. The largest absolute Gasteiger partial charge is 0.491 e. The summed E-state index contributed by atoms with van der Waals surface area (Å²) in [5.41, 5.74) is 0.613. The summed E-state index contributed by atoms with van der Waals surface area (Å²) in [5, 5.41) is 9.00. The Kier molecular flexibility index (Phi) is 6.03. The molecule has 0 radical (unpaired) electrons. The second-order valence-electron chi connectivity index (χ2n) is 4.69. The molecule has 0 aliphatic carbocycles. The molecule has 0 spiro atoms. The first-order chi connectivity index (χ1) is 9.47. The fourth-order valence-corrected chi connectivity index (χ4v) is 1.76. The fraction of sp³-hybridized carbons (Fsp3) is 0.467. The molecule has 1 rings (SSSR count). The molecule has 20 heavy (non-hydrogen) atoms. The maximum absolute atomic E-state index is 11.8. The highest BCUT2D eigenvalue weighted by molar-refractivity contribution is 5.93. The van der Waals surface area contributed by atoms with E-state index in [0.717, 1.165) is 6.42 Å². The summed E-state index contributed by atoms with van der Waals surface area (Å²) in [6.45, 7) is 5.67. The van der Waals surface area contributed by atoms with Gasteiger partial charge in [-0.3, -0.25) is 9.59 Å². The van der Waals surface area contributed by atoms with Crippen LogP contribution in [0.3, 0.4) is 0 Å². The third-order valence-electron chi connectivity index (χ3n) is 2.88. The van der Waals surface area contributed by atoms with E-state index < -0.39 is 11.9 Å². The molecule has 0 bridgehead atoms. The number of rotatable bonds is 7. The number of carbonyl (C=O) groups is 2. The van der Waals surface area contributed by atoms with E-state index in [1.165, 1.54) is 11.8 Å². The summed E-state index contributed by atoms with van der Waals surface area (Å²) < 4.78 is 5.62. The Morgan fingerprint density at radius 1 is 1.35 bits per heavy atom. The molecule has 0 aromatic heterocycles. The van der Waals surface area contributed by atoms with E-state index in [-0.39, 0.29) is 12.5 Å². The summed E-state index contributed by atoms with van der Waals surface area (Å²) in [7, 11) is 0. The highest BCUT2D eigenvalue weighted by Gasteiger charge is 2.21. The Balaban J connectivity index is 3.02. The summed E-state index contributed by atoms with van der Waals surface area (Å²) in [6.07, 6.45) is 0.861. The highest BCUT2D eigenvalue weighted by atomic mass is 16.5. The van der Waals surface area contributed by atoms with Crippen LogP contribution in [0.1, 0.15) is 27.2 Å². The molecule has 1 aromatic carbocycles. The van der Waals surface area contributed by atoms with Crippen LogP contribution in [0.25, 0.3) is 0 Å². The highest BCUT2D eigenvalue weighted by Crippen LogP contribution is 2.29. The first kappa shape index (κ1) is 16.0. The molecule has 5 nitrogen and oxygen atoms in total. The first-order valence-corrected chi connectivity index (χ1v) is 6.70. The number of hydrogen-bond acceptors (Lipinski definition) is 3. The number of carboxylic acid groups (broad SMARTS) is 1. The van der Waals surface area contributed by atoms with Crippen LogP contribution in [0.5, 0.6) is 5.75 Å². The van der Waals surface area contributed by atoms with E-state index in [4.69, 9.17) is 9.84 Å². The van der Waals surface area contributed by atoms with Gasteiger partial charge in [0.2, 0.25) is 5.91 Å². The molecule has 1 N–H and O–H groups in total. The molecule has 0 aliphatic heterocycles. The normalized spacial score (nSPS) is 11.8. The van der Waals surface area contributed by atoms with Crippen LogP contribution in [0, 0.1) is 5.92 Å². The lowest BCUT2D eigenvalue weighted by atomic mass is 10.1. The topological polar surface area (TPSA) is 66.8 Å². The predicted octanol–water partition coefficient (Wildman–Crippen LogP) is 2.55. The van der Waals surface area contributed by atoms with Crippen molar-refractivity contribution in [2.75, 3.05) is 18.1 Å². The van der Waals surface area contributed by atoms with E-state index in [9.17, 15) is 9.59 Å². The third kappa shape index (κ3) is 4.26. The SMILES string of the molecule is CCCOc1ccccc1N(CC(C)C(=O)O)C(C)=O. The van der Waals surface area contributed by atoms with E-state index >= 15 is 0 Å². The minimum atomic E-state index is -0.928. The van der Waals surface area contributed by atoms with Crippen molar-refractivity contribution in [3.8, 4) is 5.75 Å². The minimum absolute atomic E-state index is 0.122. The van der Waals surface area contributed by atoms with Gasteiger partial charge >= 0.3 is 5.97 Å². The zero-order valence-electron chi connectivity index (χ0n) is 12.1. The molecule has 5 heteroatoms. The number of para-hydroxylation sites is 2. The molecule has 0 saturated carbocycles. The number of anilines is 1. The minimum Gasteiger partial charge on any atom is -0.491 e. The van der Waals surface area contributed by atoms with Gasteiger partial charge in [0, 0.05) is 13.5 Å². The first-order valence-electron chi connectivity index (χ1n) is 6.70. The van der Waals surface area contributed by atoms with E-state index in [2.05, 4.69) is 0 Å². The molecule has 110 valence electrons. The molecule has 0 saturated heterocycles. The average molecular weight is 279 g/mol. The van der Waals surface area contributed by atoms with Gasteiger partial charge in [-0.1, -0.05) is 26.0 Å². The molecule has 1 atom stereocenters. The summed E-state index contributed by atoms with van der Waals surface area (Å²) >= 11 is 0. The van der Waals surface area contributed by atoms with Gasteiger partial charge < -0.3 is 14.7 Å². The van der Waals surface area contributed by atoms with Gasteiger partial charge in [-0.2, -0.15) is 0 Å². The van der Waals surface area contributed by atoms with Crippen molar-refractivity contribution in [2.45, 2.75) is 27.2 Å². The van der Waals surface area contributed by atoms with Gasteiger partial charge in [-0.05, 0) is 18.6 Å². The lowest BCUT2D eigenvalue weighted by Crippen LogP contribution is -2.35. The Morgan fingerprint density at radius 2 is 2.00 bits per heavy atom. The van der Waals surface area contributed by atoms with Gasteiger partial charge in [-0.15, -0.1) is 0 Å². The number of aliphatic carboxylic acids is 1. The van der Waals surface area contributed by atoms with E-state index in [0.29, 0.717) is 18.0 Å². The van der Waals surface area contributed by atoms with Crippen LogP contribution >= 0.6 is 0 Å². The van der Waals surface area contributed by atoms with Crippen LogP contribution in [-0.2, 0) is 9.59 Å². The lowest BCUT2D eigenvalue weighted by molar-refractivity contribution is -0.140. The van der Waals surface area contributed by atoms with E-state index in [1.807, 2.05) is 13.0 Å². The quantitative estimate of drug-likeness (QED) is 0.833. The standard InChI is InChI=1S/C15H21NO4/c1-4-9-20-14-8-6-5-7-13(14)16(12(3)17)10-11(2)15(18)19/h5-8,11H,4,9-10H2,1-3H3,(H,18,19). The second kappa shape index (κ2) is 7.53. The fourth-order valence-electron chi connectivity index (χ4n) is 1.76. The summed E-state index contributed by atoms with van der Waals surface area (Å²) in [5.74, 6) is -1.17. The molecule has 0 heterocycles. The molecular formula is C15H21NO4. The molecule has 1 unspecified atom stereocenters. The van der Waals surface area contributed by atoms with Crippen LogP contribution in [0.4, 0.5) is 5.69 Å². The molecular weight excluding hydrogens is 258 g/mol. The number of carboxylic acids is 1. The lowest BCUT2D eigenvalue weighted by Gasteiger charge is -2.25. The van der Waals surface area contributed by atoms with E-state index in [1.54, 1.807) is 25.1 Å². The summed E-state index contributed by atoms with van der Waals surface area (Å²) in [4.78, 5) is 24.2. The number of carbonyl (C=O) groups excluding carboxylic acids is 1. The number of benzene rings is 1. The van der Waals surface area contributed by atoms with Gasteiger partial charge in [0.25, 0.3) is 0 Å². The Morgan fingerprint density at radius 3 is 2.55 bits per heavy atom. The summed E-state index contributed by atoms with van der Waals surface area (Å²) in [6, 6.07) is 7.18. The number of nitrogens with zero attached hydrogens (tertiary/aromatic N) is 1. The zero-order valence-corrected chi connectivity index (χ0v) is 12.1. The van der Waals surface area contributed by atoms with Gasteiger partial charge in [0.05, 0.1) is 18.2 Å². The molecule has 1 amide bonds. The van der Waals surface area contributed by atoms with Gasteiger partial charge in [-0.25, -0.2) is 0 Å². The van der Waals surface area contributed by atoms with Crippen molar-refractivity contribution < 1.29 is 19.4 Å². The van der Waals surface area contributed by atoms with Crippen molar-refractivity contribution in [2.24, 2.45) is 5.92 Å². The zero-order chi connectivity index (χ0) is 15.1. The average Bonchev–Trinajstić information content (AvgIpc) is 2.42. The van der Waals surface area contributed by atoms with Crippen molar-refractivity contribution in [3.63, 3.8) is 0 Å². The Hall–Kier alpha value is -2.04. The molecule has 0 aliphatic rings. The van der Waals surface area contributed by atoms with Crippen molar-refractivity contribution in [1.29, 1.82) is 0 Å². The van der Waals surface area contributed by atoms with Gasteiger partial charge in [0.15, 0.2) is 0 Å². The maximum Gasteiger partial charge on any atom is 0.308 e. The van der Waals surface area contributed by atoms with Crippen molar-refractivity contribution in [1.82, 2.24) is 0 Å². The number of ether oxygens (including phenoxy) is 1. The third-order valence-corrected chi connectivity index (χ3v) is 2.88. The smallest absolute Gasteiger partial charge is 0.308 e. The van der Waals surface area contributed by atoms with Crippen LogP contribution in [0.15, 0.2) is 24.3 Å². The van der Waals surface area contributed by atoms with Gasteiger partial charge in [0.1, 0.15) is 5.75 Å². The number of hydrogen-bond donors (Lipinski definition) is 1. The Labute approximate surface area is 119 Å².